The second-order valence-electron chi connectivity index (χ2n) is 7.54. The van der Waals surface area contributed by atoms with E-state index in [2.05, 4.69) is 15.3 Å². The zero-order chi connectivity index (χ0) is 23.1. The number of anilines is 1. The van der Waals surface area contributed by atoms with Gasteiger partial charge in [0.05, 0.1) is 33.3 Å². The summed E-state index contributed by atoms with van der Waals surface area (Å²) in [5.41, 5.74) is 3.47. The fourth-order valence-corrected chi connectivity index (χ4v) is 5.61. The van der Waals surface area contributed by atoms with E-state index in [1.165, 1.54) is 18.3 Å². The minimum absolute atomic E-state index is 0.0750. The molecule has 2 amide bonds. The molecule has 33 heavy (non-hydrogen) atoms. The first-order valence-corrected chi connectivity index (χ1v) is 11.8. The van der Waals surface area contributed by atoms with Gasteiger partial charge in [-0.05, 0) is 30.3 Å². The number of thioether (sulfide) groups is 1. The first kappa shape index (κ1) is 21.3. The number of para-hydroxylation sites is 1. The van der Waals surface area contributed by atoms with Crippen molar-refractivity contribution in [2.45, 2.75) is 20.4 Å². The number of aromatic nitrogens is 1. The van der Waals surface area contributed by atoms with Crippen molar-refractivity contribution in [3.63, 3.8) is 0 Å². The summed E-state index contributed by atoms with van der Waals surface area (Å²) in [6.07, 6.45) is 0. The van der Waals surface area contributed by atoms with Crippen molar-refractivity contribution in [1.82, 2.24) is 10.3 Å². The fourth-order valence-electron chi connectivity index (χ4n) is 3.80. The number of hydrogen-bond acceptors (Lipinski definition) is 7. The number of carbonyl (C=O) groups is 3. The number of ketones is 1. The van der Waals surface area contributed by atoms with Crippen molar-refractivity contribution < 1.29 is 14.4 Å². The van der Waals surface area contributed by atoms with Gasteiger partial charge in [0, 0.05) is 12.5 Å². The van der Waals surface area contributed by atoms with Crippen LogP contribution in [0.15, 0.2) is 64.5 Å². The van der Waals surface area contributed by atoms with Gasteiger partial charge in [0.2, 0.25) is 5.13 Å². The van der Waals surface area contributed by atoms with Crippen molar-refractivity contribution in [3.8, 4) is 0 Å². The van der Waals surface area contributed by atoms with E-state index in [9.17, 15) is 14.4 Å². The van der Waals surface area contributed by atoms with E-state index >= 15 is 0 Å². The molecule has 0 atom stereocenters. The van der Waals surface area contributed by atoms with E-state index in [1.54, 1.807) is 11.8 Å². The molecule has 3 aromatic rings. The van der Waals surface area contributed by atoms with Crippen LogP contribution in [0.5, 0.6) is 0 Å². The van der Waals surface area contributed by atoms with Crippen LogP contribution in [0, 0.1) is 6.92 Å². The van der Waals surface area contributed by atoms with Crippen molar-refractivity contribution in [1.29, 1.82) is 0 Å². The predicted molar refractivity (Wildman–Crippen MR) is 131 cm³/mol. The molecule has 0 radical (unpaired) electrons. The van der Waals surface area contributed by atoms with Gasteiger partial charge in [0.15, 0.2) is 11.0 Å². The average Bonchev–Trinajstić information content (AvgIpc) is 3.43. The first-order chi connectivity index (χ1) is 15.9. The number of amidine groups is 1. The summed E-state index contributed by atoms with van der Waals surface area (Å²) in [5.74, 6) is -0.671. The zero-order valence-corrected chi connectivity index (χ0v) is 19.4. The normalized spacial score (nSPS) is 18.7. The SMILES string of the molecule is CC(=O)c1sc(/N=C2\NC(=O)/C(=C3/C(=O)N(Cc4ccccc4)c4ccccc43)S2)nc1C. The van der Waals surface area contributed by atoms with Crippen LogP contribution in [0.1, 0.15) is 33.4 Å². The van der Waals surface area contributed by atoms with E-state index in [1.807, 2.05) is 54.6 Å². The minimum atomic E-state index is -0.376. The van der Waals surface area contributed by atoms with E-state index in [4.69, 9.17) is 0 Å². The van der Waals surface area contributed by atoms with Crippen LogP contribution in [0.3, 0.4) is 0 Å². The number of Topliss-reactive ketones (excluding diaryl/α,β-unsaturated/α-hetero) is 1. The highest BCUT2D eigenvalue weighted by atomic mass is 32.2. The molecule has 3 heterocycles. The Morgan fingerprint density at radius 3 is 2.55 bits per heavy atom. The number of hydrogen-bond donors (Lipinski definition) is 1. The standard InChI is InChI=1S/C24H18N4O3S2/c1-13-19(14(2)29)32-23(25-13)27-24-26-21(30)20(33-24)18-16-10-6-7-11-17(16)28(22(18)31)12-15-8-4-3-5-9-15/h3-11H,12H2,1-2H3,(H,25,26,27,30)/b20-18-. The van der Waals surface area contributed by atoms with E-state index in [0.717, 1.165) is 28.6 Å². The van der Waals surface area contributed by atoms with Gasteiger partial charge in [-0.25, -0.2) is 4.98 Å². The van der Waals surface area contributed by atoms with E-state index in [0.29, 0.717) is 37.9 Å². The van der Waals surface area contributed by atoms with Gasteiger partial charge in [0.25, 0.3) is 11.8 Å². The zero-order valence-electron chi connectivity index (χ0n) is 17.8. The lowest BCUT2D eigenvalue weighted by molar-refractivity contribution is -0.116. The third-order valence-electron chi connectivity index (χ3n) is 5.26. The number of nitrogens with one attached hydrogen (secondary N) is 1. The maximum absolute atomic E-state index is 13.5. The number of carbonyl (C=O) groups excluding carboxylic acids is 3. The number of thiazole rings is 1. The summed E-state index contributed by atoms with van der Waals surface area (Å²) in [6.45, 7) is 3.64. The highest BCUT2D eigenvalue weighted by Gasteiger charge is 2.39. The molecule has 1 fully saturated rings. The molecule has 5 rings (SSSR count). The van der Waals surface area contributed by atoms with Gasteiger partial charge in [-0.1, -0.05) is 59.9 Å². The molecule has 0 saturated carbocycles. The summed E-state index contributed by atoms with van der Waals surface area (Å²) >= 11 is 2.29. The molecule has 2 aliphatic heterocycles. The summed E-state index contributed by atoms with van der Waals surface area (Å²) in [5, 5.41) is 3.45. The van der Waals surface area contributed by atoms with Gasteiger partial charge in [-0.2, -0.15) is 4.99 Å². The quantitative estimate of drug-likeness (QED) is 0.445. The van der Waals surface area contributed by atoms with Gasteiger partial charge >= 0.3 is 0 Å². The maximum atomic E-state index is 13.5. The summed E-state index contributed by atoms with van der Waals surface area (Å²) < 4.78 is 0. The summed E-state index contributed by atoms with van der Waals surface area (Å²) in [7, 11) is 0. The predicted octanol–water partition coefficient (Wildman–Crippen LogP) is 4.46. The van der Waals surface area contributed by atoms with Crippen LogP contribution >= 0.6 is 23.1 Å². The van der Waals surface area contributed by atoms with Crippen molar-refractivity contribution in [3.05, 3.63) is 81.2 Å². The lowest BCUT2D eigenvalue weighted by atomic mass is 10.1. The van der Waals surface area contributed by atoms with Crippen LogP contribution in [-0.2, 0) is 16.1 Å². The summed E-state index contributed by atoms with van der Waals surface area (Å²) in [4.78, 5) is 49.3. The van der Waals surface area contributed by atoms with E-state index < -0.39 is 0 Å². The third kappa shape index (κ3) is 3.90. The smallest absolute Gasteiger partial charge is 0.264 e. The number of rotatable bonds is 4. The molecule has 1 N–H and O–H groups in total. The Hall–Kier alpha value is -3.56. The summed E-state index contributed by atoms with van der Waals surface area (Å²) in [6, 6.07) is 17.2. The number of nitrogens with zero attached hydrogens (tertiary/aromatic N) is 3. The Kier molecular flexibility index (Phi) is 5.43. The number of fused-ring (bicyclic) bond motifs is 1. The molecule has 1 saturated heterocycles. The van der Waals surface area contributed by atoms with Gasteiger partial charge in [-0.15, -0.1) is 0 Å². The Morgan fingerprint density at radius 1 is 1.09 bits per heavy atom. The van der Waals surface area contributed by atoms with Crippen molar-refractivity contribution in [2.24, 2.45) is 4.99 Å². The Labute approximate surface area is 198 Å². The molecule has 164 valence electrons. The molecule has 2 aliphatic rings. The van der Waals surface area contributed by atoms with E-state index in [-0.39, 0.29) is 17.6 Å². The Morgan fingerprint density at radius 2 is 1.82 bits per heavy atom. The molecule has 9 heteroatoms. The van der Waals surface area contributed by atoms with Gasteiger partial charge < -0.3 is 10.2 Å². The Balaban J connectivity index is 1.51. The van der Waals surface area contributed by atoms with Gasteiger partial charge in [0.1, 0.15) is 0 Å². The molecule has 2 aromatic carbocycles. The molecule has 0 spiro atoms. The lowest BCUT2D eigenvalue weighted by Gasteiger charge is -2.17. The highest BCUT2D eigenvalue weighted by Crippen LogP contribution is 2.43. The van der Waals surface area contributed by atoms with Gasteiger partial charge in [-0.3, -0.25) is 14.4 Å². The molecule has 0 bridgehead atoms. The molecular weight excluding hydrogens is 456 g/mol. The minimum Gasteiger partial charge on any atom is -0.303 e. The van der Waals surface area contributed by atoms with Crippen LogP contribution < -0.4 is 10.2 Å². The highest BCUT2D eigenvalue weighted by molar-refractivity contribution is 8.18. The molecule has 7 nitrogen and oxygen atoms in total. The van der Waals surface area contributed by atoms with Crippen molar-refractivity contribution >= 4 is 62.3 Å². The number of benzene rings is 2. The Bertz CT molecular complexity index is 1380. The first-order valence-electron chi connectivity index (χ1n) is 10.2. The molecule has 0 unspecified atom stereocenters. The third-order valence-corrected chi connectivity index (χ3v) is 7.39. The van der Waals surface area contributed by atoms with Crippen LogP contribution in [0.4, 0.5) is 10.8 Å². The fraction of sp³-hybridized carbons (Fsp3) is 0.125. The second-order valence-corrected chi connectivity index (χ2v) is 9.52. The average molecular weight is 475 g/mol. The lowest BCUT2D eigenvalue weighted by Crippen LogP contribution is -2.26. The monoisotopic (exact) mass is 474 g/mol. The molecule has 0 aliphatic carbocycles. The molecular formula is C24H18N4O3S2. The topological polar surface area (TPSA) is 91.7 Å². The largest absolute Gasteiger partial charge is 0.303 e. The van der Waals surface area contributed by atoms with Crippen molar-refractivity contribution in [2.75, 3.05) is 4.90 Å². The van der Waals surface area contributed by atoms with Crippen LogP contribution in [-0.4, -0.2) is 27.7 Å². The second kappa shape index (κ2) is 8.42. The maximum Gasteiger partial charge on any atom is 0.264 e. The number of aryl methyl sites for hydroxylation is 1. The van der Waals surface area contributed by atoms with Crippen LogP contribution in [0.25, 0.3) is 5.57 Å². The van der Waals surface area contributed by atoms with Crippen LogP contribution in [0.2, 0.25) is 0 Å². The molecule has 1 aromatic heterocycles. The number of aliphatic imine (C=N–C) groups is 1. The number of amides is 2.